The highest BCUT2D eigenvalue weighted by Crippen LogP contribution is 2.07. The Hall–Kier alpha value is -2.36. The van der Waals surface area contributed by atoms with Gasteiger partial charge in [0.2, 0.25) is 0 Å². The van der Waals surface area contributed by atoms with E-state index in [4.69, 9.17) is 0 Å². The van der Waals surface area contributed by atoms with E-state index in [1.54, 1.807) is 6.21 Å². The number of nitrogens with zero attached hydrogens (tertiary/aromatic N) is 2. The number of rotatable bonds is 5. The van der Waals surface area contributed by atoms with E-state index < -0.39 is 11.6 Å². The lowest BCUT2D eigenvalue weighted by Crippen LogP contribution is -1.87. The zero-order valence-electron chi connectivity index (χ0n) is 11.8. The molecule has 2 aromatic rings. The Kier molecular flexibility index (Phi) is 5.32. The van der Waals surface area contributed by atoms with Crippen molar-refractivity contribution in [2.24, 2.45) is 10.2 Å². The first-order valence-electron chi connectivity index (χ1n) is 6.79. The predicted molar refractivity (Wildman–Crippen MR) is 82.0 cm³/mol. The van der Waals surface area contributed by atoms with Gasteiger partial charge < -0.3 is 0 Å². The van der Waals surface area contributed by atoms with Gasteiger partial charge in [0.05, 0.1) is 12.4 Å². The minimum absolute atomic E-state index is 0.462. The number of hydrogen-bond donors (Lipinski definition) is 0. The molecule has 2 nitrogen and oxygen atoms in total. The summed E-state index contributed by atoms with van der Waals surface area (Å²) >= 11 is 0. The molecule has 0 unspecified atom stereocenters. The fourth-order valence-electron chi connectivity index (χ4n) is 1.85. The monoisotopic (exact) mass is 286 g/mol. The quantitative estimate of drug-likeness (QED) is 0.576. The van der Waals surface area contributed by atoms with Crippen LogP contribution in [0, 0.1) is 11.6 Å². The SMILES string of the molecule is CCCc1ccc(C=NN=Cc2ccc(F)c(F)c2)cc1. The highest BCUT2D eigenvalue weighted by molar-refractivity contribution is 5.82. The number of hydrogen-bond acceptors (Lipinski definition) is 2. The molecule has 2 rings (SSSR count). The van der Waals surface area contributed by atoms with Gasteiger partial charge in [-0.3, -0.25) is 0 Å². The molecule has 21 heavy (non-hydrogen) atoms. The molecule has 0 fully saturated rings. The molecule has 0 aliphatic heterocycles. The van der Waals surface area contributed by atoms with E-state index in [-0.39, 0.29) is 0 Å². The van der Waals surface area contributed by atoms with Crippen LogP contribution in [0.15, 0.2) is 52.7 Å². The summed E-state index contributed by atoms with van der Waals surface area (Å²) in [5, 5.41) is 7.71. The fourth-order valence-corrected chi connectivity index (χ4v) is 1.85. The van der Waals surface area contributed by atoms with Gasteiger partial charge in [-0.1, -0.05) is 43.7 Å². The Balaban J connectivity index is 1.97. The smallest absolute Gasteiger partial charge is 0.159 e. The van der Waals surface area contributed by atoms with Crippen molar-refractivity contribution >= 4 is 12.4 Å². The molecular weight excluding hydrogens is 270 g/mol. The lowest BCUT2D eigenvalue weighted by Gasteiger charge is -1.98. The highest BCUT2D eigenvalue weighted by atomic mass is 19.2. The first-order valence-corrected chi connectivity index (χ1v) is 6.79. The summed E-state index contributed by atoms with van der Waals surface area (Å²) in [7, 11) is 0. The van der Waals surface area contributed by atoms with Crippen LogP contribution in [0.3, 0.4) is 0 Å². The fraction of sp³-hybridized carbons (Fsp3) is 0.176. The first kappa shape index (κ1) is 15.0. The Morgan fingerprint density at radius 3 is 2.10 bits per heavy atom. The Labute approximate surface area is 122 Å². The average Bonchev–Trinajstić information content (AvgIpc) is 2.49. The lowest BCUT2D eigenvalue weighted by atomic mass is 10.1. The van der Waals surface area contributed by atoms with Crippen LogP contribution in [0.4, 0.5) is 8.78 Å². The van der Waals surface area contributed by atoms with E-state index in [2.05, 4.69) is 29.3 Å². The van der Waals surface area contributed by atoms with Crippen molar-refractivity contribution in [3.8, 4) is 0 Å². The molecule has 0 saturated heterocycles. The van der Waals surface area contributed by atoms with E-state index in [1.165, 1.54) is 17.8 Å². The van der Waals surface area contributed by atoms with Gasteiger partial charge in [-0.2, -0.15) is 10.2 Å². The van der Waals surface area contributed by atoms with Gasteiger partial charge in [0.15, 0.2) is 11.6 Å². The molecule has 0 atom stereocenters. The average molecular weight is 286 g/mol. The van der Waals surface area contributed by atoms with Crippen molar-refractivity contribution in [2.45, 2.75) is 19.8 Å². The third-order valence-electron chi connectivity index (χ3n) is 2.94. The molecule has 2 aromatic carbocycles. The van der Waals surface area contributed by atoms with Gasteiger partial charge in [-0.15, -0.1) is 0 Å². The van der Waals surface area contributed by atoms with Gasteiger partial charge >= 0.3 is 0 Å². The van der Waals surface area contributed by atoms with E-state index in [1.807, 2.05) is 12.1 Å². The molecular formula is C17H16F2N2. The van der Waals surface area contributed by atoms with Crippen LogP contribution >= 0.6 is 0 Å². The molecule has 0 radical (unpaired) electrons. The van der Waals surface area contributed by atoms with Gasteiger partial charge in [-0.05, 0) is 35.2 Å². The maximum Gasteiger partial charge on any atom is 0.159 e. The van der Waals surface area contributed by atoms with Crippen LogP contribution in [0.2, 0.25) is 0 Å². The standard InChI is InChI=1S/C17H16F2N2/c1-2-3-13-4-6-14(7-5-13)11-20-21-12-15-8-9-16(18)17(19)10-15/h4-12H,2-3H2,1H3. The molecule has 0 heterocycles. The summed E-state index contributed by atoms with van der Waals surface area (Å²) in [6, 6.07) is 11.6. The van der Waals surface area contributed by atoms with E-state index in [0.717, 1.165) is 30.5 Å². The van der Waals surface area contributed by atoms with Gasteiger partial charge in [0.1, 0.15) is 0 Å². The van der Waals surface area contributed by atoms with Crippen LogP contribution in [0.5, 0.6) is 0 Å². The highest BCUT2D eigenvalue weighted by Gasteiger charge is 1.99. The third kappa shape index (κ3) is 4.60. The summed E-state index contributed by atoms with van der Waals surface area (Å²) in [4.78, 5) is 0. The molecule has 0 aliphatic rings. The number of benzene rings is 2. The van der Waals surface area contributed by atoms with E-state index in [9.17, 15) is 8.78 Å². The predicted octanol–water partition coefficient (Wildman–Crippen LogP) is 4.37. The van der Waals surface area contributed by atoms with Crippen LogP contribution in [-0.2, 0) is 6.42 Å². The van der Waals surface area contributed by atoms with Gasteiger partial charge in [-0.25, -0.2) is 8.78 Å². The molecule has 108 valence electrons. The van der Waals surface area contributed by atoms with Crippen LogP contribution in [-0.4, -0.2) is 12.4 Å². The summed E-state index contributed by atoms with van der Waals surface area (Å²) in [5.74, 6) is -1.77. The summed E-state index contributed by atoms with van der Waals surface area (Å²) < 4.78 is 25.7. The van der Waals surface area contributed by atoms with Gasteiger partial charge in [0, 0.05) is 0 Å². The van der Waals surface area contributed by atoms with Crippen molar-refractivity contribution in [3.05, 3.63) is 70.8 Å². The summed E-state index contributed by atoms with van der Waals surface area (Å²) in [6.45, 7) is 2.14. The van der Waals surface area contributed by atoms with E-state index in [0.29, 0.717) is 5.56 Å². The lowest BCUT2D eigenvalue weighted by molar-refractivity contribution is 0.508. The minimum atomic E-state index is -0.894. The second-order valence-corrected chi connectivity index (χ2v) is 4.65. The number of halogens is 2. The Morgan fingerprint density at radius 2 is 1.48 bits per heavy atom. The van der Waals surface area contributed by atoms with Crippen molar-refractivity contribution in [1.82, 2.24) is 0 Å². The summed E-state index contributed by atoms with van der Waals surface area (Å²) in [6.07, 6.45) is 5.17. The molecule has 0 N–H and O–H groups in total. The van der Waals surface area contributed by atoms with Crippen LogP contribution in [0.1, 0.15) is 30.0 Å². The molecule has 0 aromatic heterocycles. The largest absolute Gasteiger partial charge is 0.204 e. The topological polar surface area (TPSA) is 24.7 Å². The summed E-state index contributed by atoms with van der Waals surface area (Å²) in [5.41, 5.74) is 2.70. The number of aryl methyl sites for hydroxylation is 1. The second kappa shape index (κ2) is 7.43. The zero-order chi connectivity index (χ0) is 15.1. The molecule has 0 bridgehead atoms. The van der Waals surface area contributed by atoms with Crippen molar-refractivity contribution in [1.29, 1.82) is 0 Å². The van der Waals surface area contributed by atoms with Crippen molar-refractivity contribution in [3.63, 3.8) is 0 Å². The Morgan fingerprint density at radius 1 is 0.857 bits per heavy atom. The molecule has 0 saturated carbocycles. The zero-order valence-corrected chi connectivity index (χ0v) is 11.8. The molecule has 4 heteroatoms. The molecule has 0 amide bonds. The maximum absolute atomic E-state index is 13.0. The molecule has 0 spiro atoms. The maximum atomic E-state index is 13.0. The minimum Gasteiger partial charge on any atom is -0.204 e. The normalized spacial score (nSPS) is 11.6. The first-order chi connectivity index (χ1) is 10.2. The van der Waals surface area contributed by atoms with Crippen molar-refractivity contribution < 1.29 is 8.78 Å². The van der Waals surface area contributed by atoms with Crippen LogP contribution < -0.4 is 0 Å². The molecule has 0 aliphatic carbocycles. The van der Waals surface area contributed by atoms with Gasteiger partial charge in [0.25, 0.3) is 0 Å². The van der Waals surface area contributed by atoms with Crippen molar-refractivity contribution in [2.75, 3.05) is 0 Å². The third-order valence-corrected chi connectivity index (χ3v) is 2.94. The van der Waals surface area contributed by atoms with Crippen LogP contribution in [0.25, 0.3) is 0 Å². The Bertz CT molecular complexity index is 646. The second-order valence-electron chi connectivity index (χ2n) is 4.65. The van der Waals surface area contributed by atoms with E-state index >= 15 is 0 Å².